The molecule has 9 rings (SSSR count). The predicted molar refractivity (Wildman–Crippen MR) is 200 cm³/mol. The fourth-order valence-corrected chi connectivity index (χ4v) is 5.69. The van der Waals surface area contributed by atoms with E-state index in [1.165, 1.54) is 0 Å². The standard InChI is InChI=1S/C45H29N3/c1-2-12-30(13-3-1)38-28-34-17-7-9-22-40(34)42(29-38)35-19-10-20-36(27-35)43-46-44(37-25-24-31-14-4-5-16-33(31)26-37)48-45(47-43)41-23-11-18-32-15-6-8-21-39(32)41/h1-29H/i1D,2D,3D,7D,9D,10D,12D,13D,17D,19D,20D,22D,27D,28D,29D. The van der Waals surface area contributed by atoms with E-state index in [9.17, 15) is 6.85 Å². The first-order valence-corrected chi connectivity index (χ1v) is 15.0. The summed E-state index contributed by atoms with van der Waals surface area (Å²) in [5.41, 5.74) is -1.64. The molecule has 0 aliphatic carbocycles. The summed E-state index contributed by atoms with van der Waals surface area (Å²) in [6.45, 7) is 0. The Kier molecular flexibility index (Phi) is 4.01. The van der Waals surface area contributed by atoms with Crippen LogP contribution in [0.25, 0.3) is 88.7 Å². The first kappa shape index (κ1) is 16.4. The Balaban J connectivity index is 1.43. The molecule has 0 N–H and O–H groups in total. The van der Waals surface area contributed by atoms with Crippen LogP contribution >= 0.6 is 0 Å². The van der Waals surface area contributed by atoms with Gasteiger partial charge in [0.05, 0.1) is 20.6 Å². The summed E-state index contributed by atoms with van der Waals surface area (Å²) in [4.78, 5) is 14.4. The summed E-state index contributed by atoms with van der Waals surface area (Å²) in [6.07, 6.45) is 0. The number of rotatable bonds is 5. The second-order valence-electron chi connectivity index (χ2n) is 10.9. The van der Waals surface area contributed by atoms with E-state index in [1.54, 1.807) is 12.1 Å². The van der Waals surface area contributed by atoms with Crippen molar-refractivity contribution >= 4 is 32.3 Å². The SMILES string of the molecule is [2H]c1c([2H])c([2H])c(-c2c([2H])c(-c3c([2H])c([2H])c([2H])c(-c4nc(-c5ccc6ccccc6c5)nc(-c5cccc6ccccc56)n4)c3[2H])c3c([2H])c([2H])c([2H])c([2H])c3c2[2H])c([2H])c1[2H]. The molecule has 8 aromatic carbocycles. The highest BCUT2D eigenvalue weighted by molar-refractivity contribution is 6.01. The molecule has 0 fully saturated rings. The van der Waals surface area contributed by atoms with Gasteiger partial charge in [0.1, 0.15) is 0 Å². The summed E-state index contributed by atoms with van der Waals surface area (Å²) < 4.78 is 134. The van der Waals surface area contributed by atoms with E-state index in [4.69, 9.17) is 28.7 Å². The van der Waals surface area contributed by atoms with Gasteiger partial charge in [-0.3, -0.25) is 0 Å². The van der Waals surface area contributed by atoms with Gasteiger partial charge in [0.2, 0.25) is 0 Å². The second-order valence-corrected chi connectivity index (χ2v) is 10.9. The lowest BCUT2D eigenvalue weighted by Gasteiger charge is -2.13. The van der Waals surface area contributed by atoms with Gasteiger partial charge in [0.25, 0.3) is 0 Å². The third kappa shape index (κ3) is 5.08. The maximum atomic E-state index is 9.79. The molecule has 48 heavy (non-hydrogen) atoms. The highest BCUT2D eigenvalue weighted by atomic mass is 15.0. The zero-order chi connectivity index (χ0) is 44.9. The maximum Gasteiger partial charge on any atom is 0.164 e. The number of aromatic nitrogens is 3. The normalized spacial score (nSPS) is 15.7. The van der Waals surface area contributed by atoms with Crippen LogP contribution in [0, 0.1) is 0 Å². The van der Waals surface area contributed by atoms with Crippen molar-refractivity contribution in [2.75, 3.05) is 0 Å². The van der Waals surface area contributed by atoms with Crippen molar-refractivity contribution in [1.29, 1.82) is 0 Å². The number of hydrogen-bond donors (Lipinski definition) is 0. The average Bonchev–Trinajstić information content (AvgIpc) is 3.29. The molecule has 1 aromatic heterocycles. The van der Waals surface area contributed by atoms with Crippen molar-refractivity contribution in [3.63, 3.8) is 0 Å². The van der Waals surface area contributed by atoms with E-state index in [0.29, 0.717) is 11.1 Å². The lowest BCUT2D eigenvalue weighted by Crippen LogP contribution is -2.00. The molecule has 0 aliphatic heterocycles. The Hall–Kier alpha value is -6.45. The molecule has 0 saturated carbocycles. The first-order valence-electron chi connectivity index (χ1n) is 22.5. The Labute approximate surface area is 299 Å². The Morgan fingerprint density at radius 2 is 1.04 bits per heavy atom. The molecule has 0 radical (unpaired) electrons. The van der Waals surface area contributed by atoms with Crippen LogP contribution < -0.4 is 0 Å². The van der Waals surface area contributed by atoms with Crippen molar-refractivity contribution < 1.29 is 20.6 Å². The van der Waals surface area contributed by atoms with Crippen LogP contribution in [-0.4, -0.2) is 15.0 Å². The molecule has 0 aliphatic rings. The molecular weight excluding hydrogens is 583 g/mol. The van der Waals surface area contributed by atoms with Crippen molar-refractivity contribution in [3.05, 3.63) is 176 Å². The van der Waals surface area contributed by atoms with E-state index in [-0.39, 0.29) is 23.0 Å². The minimum absolute atomic E-state index is 0.137. The first-order chi connectivity index (χ1) is 30.0. The maximum absolute atomic E-state index is 9.79. The molecular formula is C45H29N3. The summed E-state index contributed by atoms with van der Waals surface area (Å²) >= 11 is 0. The van der Waals surface area contributed by atoms with E-state index in [2.05, 4.69) is 0 Å². The highest BCUT2D eigenvalue weighted by Gasteiger charge is 2.16. The average molecular weight is 627 g/mol. The number of hydrogen-bond acceptors (Lipinski definition) is 3. The van der Waals surface area contributed by atoms with Crippen LogP contribution in [0.2, 0.25) is 0 Å². The van der Waals surface area contributed by atoms with Crippen molar-refractivity contribution in [1.82, 2.24) is 15.0 Å². The van der Waals surface area contributed by atoms with Gasteiger partial charge in [0, 0.05) is 16.7 Å². The van der Waals surface area contributed by atoms with Crippen LogP contribution in [0.3, 0.4) is 0 Å². The zero-order valence-electron chi connectivity index (χ0n) is 39.9. The minimum atomic E-state index is -0.815. The van der Waals surface area contributed by atoms with Gasteiger partial charge < -0.3 is 0 Å². The minimum Gasteiger partial charge on any atom is -0.208 e. The fraction of sp³-hybridized carbons (Fsp3) is 0. The van der Waals surface area contributed by atoms with Gasteiger partial charge >= 0.3 is 0 Å². The summed E-state index contributed by atoms with van der Waals surface area (Å²) in [6, 6.07) is 14.8. The molecule has 0 bridgehead atoms. The van der Waals surface area contributed by atoms with Gasteiger partial charge in [-0.2, -0.15) is 0 Å². The number of benzene rings is 8. The molecule has 3 nitrogen and oxygen atoms in total. The lowest BCUT2D eigenvalue weighted by molar-refractivity contribution is 1.08. The molecule has 0 unspecified atom stereocenters. The molecule has 0 atom stereocenters. The molecule has 224 valence electrons. The quantitative estimate of drug-likeness (QED) is 0.191. The van der Waals surface area contributed by atoms with Gasteiger partial charge in [0.15, 0.2) is 17.5 Å². The van der Waals surface area contributed by atoms with E-state index < -0.39 is 124 Å². The third-order valence-corrected chi connectivity index (χ3v) is 7.96. The van der Waals surface area contributed by atoms with Crippen molar-refractivity contribution in [2.45, 2.75) is 0 Å². The van der Waals surface area contributed by atoms with Gasteiger partial charge in [-0.05, 0) is 78.8 Å². The Morgan fingerprint density at radius 3 is 1.94 bits per heavy atom. The molecule has 0 spiro atoms. The predicted octanol–water partition coefficient (Wildman–Crippen LogP) is 11.7. The van der Waals surface area contributed by atoms with E-state index in [0.717, 1.165) is 21.5 Å². The zero-order valence-corrected chi connectivity index (χ0v) is 24.9. The van der Waals surface area contributed by atoms with Crippen molar-refractivity contribution in [2.24, 2.45) is 0 Å². The molecule has 3 heteroatoms. The molecule has 9 aromatic rings. The Morgan fingerprint density at radius 1 is 0.354 bits per heavy atom. The molecule has 0 saturated heterocycles. The summed E-state index contributed by atoms with van der Waals surface area (Å²) in [5.74, 6) is 0.0180. The topological polar surface area (TPSA) is 38.7 Å². The summed E-state index contributed by atoms with van der Waals surface area (Å²) in [7, 11) is 0. The monoisotopic (exact) mass is 626 g/mol. The van der Waals surface area contributed by atoms with Crippen LogP contribution in [0.5, 0.6) is 0 Å². The fourth-order valence-electron chi connectivity index (χ4n) is 5.69. The Bertz CT molecular complexity index is 3450. The van der Waals surface area contributed by atoms with Gasteiger partial charge in [-0.25, -0.2) is 15.0 Å². The van der Waals surface area contributed by atoms with Gasteiger partial charge in [-0.1, -0.05) is 151 Å². The largest absolute Gasteiger partial charge is 0.208 e. The second kappa shape index (κ2) is 11.7. The summed E-state index contributed by atoms with van der Waals surface area (Å²) in [5, 5.41) is 2.45. The number of nitrogens with zero attached hydrogens (tertiary/aromatic N) is 3. The van der Waals surface area contributed by atoms with Crippen LogP contribution in [0.15, 0.2) is 176 Å². The smallest absolute Gasteiger partial charge is 0.164 e. The highest BCUT2D eigenvalue weighted by Crippen LogP contribution is 2.36. The van der Waals surface area contributed by atoms with Gasteiger partial charge in [-0.15, -0.1) is 0 Å². The molecule has 0 amide bonds. The van der Waals surface area contributed by atoms with E-state index >= 15 is 0 Å². The number of fused-ring (bicyclic) bond motifs is 3. The van der Waals surface area contributed by atoms with Crippen LogP contribution in [-0.2, 0) is 0 Å². The third-order valence-electron chi connectivity index (χ3n) is 7.96. The molecule has 1 heterocycles. The van der Waals surface area contributed by atoms with E-state index in [1.807, 2.05) is 72.8 Å². The van der Waals surface area contributed by atoms with Crippen LogP contribution in [0.1, 0.15) is 20.6 Å². The van der Waals surface area contributed by atoms with Crippen molar-refractivity contribution in [3.8, 4) is 56.4 Å². The van der Waals surface area contributed by atoms with Crippen LogP contribution in [0.4, 0.5) is 0 Å². The lowest BCUT2D eigenvalue weighted by atomic mass is 9.92.